The molecule has 142 valence electrons. The highest BCUT2D eigenvalue weighted by atomic mass is 19.1. The Kier molecular flexibility index (Phi) is 4.22. The highest BCUT2D eigenvalue weighted by Crippen LogP contribution is 2.48. The van der Waals surface area contributed by atoms with Crippen molar-refractivity contribution in [3.63, 3.8) is 0 Å². The van der Waals surface area contributed by atoms with Crippen molar-refractivity contribution in [3.05, 3.63) is 76.4 Å². The number of Topliss-reactive ketones (excluding diaryl/α,β-unsaturated/α-hetero) is 1. The molecule has 0 bridgehead atoms. The van der Waals surface area contributed by atoms with Crippen LogP contribution >= 0.6 is 0 Å². The zero-order valence-corrected chi connectivity index (χ0v) is 15.7. The van der Waals surface area contributed by atoms with Crippen LogP contribution in [0.25, 0.3) is 0 Å². The van der Waals surface area contributed by atoms with E-state index in [9.17, 15) is 14.0 Å². The number of nitrogens with two attached hydrogens (primary N) is 1. The third-order valence-electron chi connectivity index (χ3n) is 5.81. The summed E-state index contributed by atoms with van der Waals surface area (Å²) < 4.78 is 14.2. The van der Waals surface area contributed by atoms with Gasteiger partial charge in [-0.15, -0.1) is 0 Å². The van der Waals surface area contributed by atoms with E-state index in [0.717, 1.165) is 22.4 Å². The lowest BCUT2D eigenvalue weighted by molar-refractivity contribution is -0.139. The summed E-state index contributed by atoms with van der Waals surface area (Å²) >= 11 is 0. The van der Waals surface area contributed by atoms with Crippen molar-refractivity contribution >= 4 is 17.4 Å². The number of halogens is 1. The molecule has 2 heterocycles. The molecule has 1 saturated carbocycles. The maximum absolute atomic E-state index is 14.2. The molecule has 1 amide bonds. The van der Waals surface area contributed by atoms with E-state index in [-0.39, 0.29) is 12.5 Å². The van der Waals surface area contributed by atoms with E-state index >= 15 is 0 Å². The fraction of sp³-hybridized carbons (Fsp3) is 0.273. The normalized spacial score (nSPS) is 23.2. The van der Waals surface area contributed by atoms with Crippen LogP contribution in [0.5, 0.6) is 0 Å². The second-order valence-electron chi connectivity index (χ2n) is 7.49. The number of allylic oxidation sites excluding steroid dienone is 1. The first-order valence-corrected chi connectivity index (χ1v) is 9.11. The number of nitrogens with zero attached hydrogens (tertiary/aromatic N) is 2. The van der Waals surface area contributed by atoms with E-state index < -0.39 is 22.9 Å². The van der Waals surface area contributed by atoms with Gasteiger partial charge >= 0.3 is 0 Å². The Bertz CT molecular complexity index is 1050. The fourth-order valence-corrected chi connectivity index (χ4v) is 4.38. The number of fused-ring (bicyclic) bond motifs is 1. The summed E-state index contributed by atoms with van der Waals surface area (Å²) in [5.41, 5.74) is 8.82. The maximum Gasteiger partial charge on any atom is 0.285 e. The van der Waals surface area contributed by atoms with Crippen LogP contribution in [0, 0.1) is 19.7 Å². The van der Waals surface area contributed by atoms with Gasteiger partial charge < -0.3 is 5.73 Å². The van der Waals surface area contributed by atoms with Gasteiger partial charge in [-0.2, -0.15) is 0 Å². The number of rotatable bonds is 4. The summed E-state index contributed by atoms with van der Waals surface area (Å²) in [7, 11) is 0. The Morgan fingerprint density at radius 1 is 1.21 bits per heavy atom. The van der Waals surface area contributed by atoms with Crippen molar-refractivity contribution in [2.75, 3.05) is 0 Å². The third kappa shape index (κ3) is 2.68. The molecule has 0 saturated heterocycles. The first-order chi connectivity index (χ1) is 13.3. The molecule has 2 aromatic rings. The number of aromatic nitrogens is 1. The zero-order valence-electron chi connectivity index (χ0n) is 15.7. The summed E-state index contributed by atoms with van der Waals surface area (Å²) in [5.74, 6) is -2.12. The zero-order chi connectivity index (χ0) is 20.1. The lowest BCUT2D eigenvalue weighted by Gasteiger charge is -2.28. The van der Waals surface area contributed by atoms with E-state index in [1.807, 2.05) is 19.1 Å². The topological polar surface area (TPSA) is 85.4 Å². The molecule has 28 heavy (non-hydrogen) atoms. The molecule has 6 heteroatoms. The van der Waals surface area contributed by atoms with Crippen molar-refractivity contribution < 1.29 is 14.0 Å². The van der Waals surface area contributed by atoms with Gasteiger partial charge in [-0.25, -0.2) is 4.39 Å². The van der Waals surface area contributed by atoms with Gasteiger partial charge in [-0.1, -0.05) is 18.2 Å². The Morgan fingerprint density at radius 2 is 2.00 bits per heavy atom. The number of aryl methyl sites for hydroxylation is 1. The van der Waals surface area contributed by atoms with E-state index in [2.05, 4.69) is 4.98 Å². The average molecular weight is 377 g/mol. The van der Waals surface area contributed by atoms with Gasteiger partial charge in [0.15, 0.2) is 0 Å². The van der Waals surface area contributed by atoms with Crippen molar-refractivity contribution in [1.82, 2.24) is 4.98 Å². The largest absolute Gasteiger partial charge is 0.363 e. The molecule has 0 radical (unpaired) electrons. The highest BCUT2D eigenvalue weighted by Gasteiger charge is 2.51. The van der Waals surface area contributed by atoms with Gasteiger partial charge in [0, 0.05) is 24.5 Å². The molecule has 1 aromatic heterocycles. The molecule has 1 fully saturated rings. The number of carbonyl (C=O) groups excluding carboxylic acids is 2. The molecule has 1 aromatic carbocycles. The standard InChI is InChI=1S/C22H20FN3O2/c1-12-11-25-7-6-15(12)18-8-14-9-22(10-19(14)26-18,20(27)21(24)28)16-4-3-5-17(23)13(16)2/h3-8,11,18H,9-10H2,1-2H3,(H2,24,28)/t18?,22-/m0/s1. The third-order valence-corrected chi connectivity index (χ3v) is 5.81. The molecule has 1 aliphatic carbocycles. The van der Waals surface area contributed by atoms with Crippen LogP contribution in [0.2, 0.25) is 0 Å². The first kappa shape index (κ1) is 18.2. The lowest BCUT2D eigenvalue weighted by Crippen LogP contribution is -2.42. The van der Waals surface area contributed by atoms with Gasteiger partial charge in [-0.05, 0) is 60.2 Å². The molecule has 0 spiro atoms. The van der Waals surface area contributed by atoms with Gasteiger partial charge in [0.1, 0.15) is 5.82 Å². The van der Waals surface area contributed by atoms with Crippen molar-refractivity contribution in [2.45, 2.75) is 38.1 Å². The number of amides is 1. The monoisotopic (exact) mass is 377 g/mol. The summed E-state index contributed by atoms with van der Waals surface area (Å²) in [6.45, 7) is 3.60. The van der Waals surface area contributed by atoms with Crippen LogP contribution < -0.4 is 5.73 Å². The van der Waals surface area contributed by atoms with E-state index in [0.29, 0.717) is 17.5 Å². The van der Waals surface area contributed by atoms with Crippen LogP contribution in [0.3, 0.4) is 0 Å². The van der Waals surface area contributed by atoms with Crippen LogP contribution in [-0.2, 0) is 15.0 Å². The molecule has 4 rings (SSSR count). The SMILES string of the molecule is Cc1cnccc1C1C=C2C[C@@](C(=O)C(N)=O)(c3cccc(F)c3C)CC2=N1. The number of hydrogen-bond acceptors (Lipinski definition) is 4. The van der Waals surface area contributed by atoms with Gasteiger partial charge in [0.2, 0.25) is 5.78 Å². The van der Waals surface area contributed by atoms with Crippen LogP contribution in [0.15, 0.2) is 53.3 Å². The molecular formula is C22H20FN3O2. The predicted octanol–water partition coefficient (Wildman–Crippen LogP) is 3.05. The lowest BCUT2D eigenvalue weighted by atomic mass is 9.72. The number of aliphatic imine (C=N–C) groups is 1. The summed E-state index contributed by atoms with van der Waals surface area (Å²) in [6.07, 6.45) is 6.07. The minimum Gasteiger partial charge on any atom is -0.363 e. The number of ketones is 1. The molecular weight excluding hydrogens is 357 g/mol. The Morgan fingerprint density at radius 3 is 2.68 bits per heavy atom. The van der Waals surface area contributed by atoms with E-state index in [1.54, 1.807) is 31.5 Å². The Labute approximate surface area is 162 Å². The quantitative estimate of drug-likeness (QED) is 0.831. The van der Waals surface area contributed by atoms with E-state index in [1.165, 1.54) is 6.07 Å². The maximum atomic E-state index is 14.2. The smallest absolute Gasteiger partial charge is 0.285 e. The molecule has 2 N–H and O–H groups in total. The average Bonchev–Trinajstić information content (AvgIpc) is 3.20. The summed E-state index contributed by atoms with van der Waals surface area (Å²) in [4.78, 5) is 33.6. The van der Waals surface area contributed by atoms with Gasteiger partial charge in [-0.3, -0.25) is 19.6 Å². The van der Waals surface area contributed by atoms with Gasteiger partial charge in [0.25, 0.3) is 5.91 Å². The molecule has 1 unspecified atom stereocenters. The Balaban J connectivity index is 1.78. The first-order valence-electron chi connectivity index (χ1n) is 9.11. The van der Waals surface area contributed by atoms with Crippen LogP contribution in [0.1, 0.15) is 41.1 Å². The second kappa shape index (κ2) is 6.48. The number of hydrogen-bond donors (Lipinski definition) is 1. The highest BCUT2D eigenvalue weighted by molar-refractivity contribution is 6.40. The predicted molar refractivity (Wildman–Crippen MR) is 103 cm³/mol. The Hall–Kier alpha value is -3.15. The van der Waals surface area contributed by atoms with Crippen LogP contribution in [0.4, 0.5) is 4.39 Å². The van der Waals surface area contributed by atoms with E-state index in [4.69, 9.17) is 10.7 Å². The molecule has 1 aliphatic heterocycles. The number of benzene rings is 1. The number of primary amides is 1. The number of pyridine rings is 1. The molecule has 5 nitrogen and oxygen atoms in total. The minimum absolute atomic E-state index is 0.136. The van der Waals surface area contributed by atoms with Crippen molar-refractivity contribution in [1.29, 1.82) is 0 Å². The fourth-order valence-electron chi connectivity index (χ4n) is 4.38. The minimum atomic E-state index is -1.19. The molecule has 2 aliphatic rings. The van der Waals surface area contributed by atoms with Crippen LogP contribution in [-0.4, -0.2) is 22.4 Å². The van der Waals surface area contributed by atoms with Gasteiger partial charge in [0.05, 0.1) is 11.5 Å². The summed E-state index contributed by atoms with van der Waals surface area (Å²) in [5, 5.41) is 0. The molecule has 2 atom stereocenters. The number of carbonyl (C=O) groups is 2. The second-order valence-corrected chi connectivity index (χ2v) is 7.49. The van der Waals surface area contributed by atoms with Crippen molar-refractivity contribution in [3.8, 4) is 0 Å². The van der Waals surface area contributed by atoms with Crippen molar-refractivity contribution in [2.24, 2.45) is 10.7 Å². The summed E-state index contributed by atoms with van der Waals surface area (Å²) in [6, 6.07) is 6.40.